The number of alkyl halides is 2. The highest BCUT2D eigenvalue weighted by atomic mass is 32.1. The van der Waals surface area contributed by atoms with Crippen molar-refractivity contribution in [2.24, 2.45) is 0 Å². The largest absolute Gasteiger partial charge is 0.435 e. The van der Waals surface area contributed by atoms with Gasteiger partial charge in [0, 0.05) is 5.69 Å². The first-order valence-corrected chi connectivity index (χ1v) is 6.88. The number of halogens is 2. The molecule has 2 rings (SSSR count). The van der Waals surface area contributed by atoms with Crippen molar-refractivity contribution in [2.75, 3.05) is 10.7 Å². The van der Waals surface area contributed by atoms with Crippen LogP contribution < -0.4 is 20.9 Å². The van der Waals surface area contributed by atoms with Gasteiger partial charge in [-0.25, -0.2) is 0 Å². The minimum Gasteiger partial charge on any atom is -0.435 e. The third-order valence-electron chi connectivity index (χ3n) is 2.68. The summed E-state index contributed by atoms with van der Waals surface area (Å²) in [7, 11) is 0. The Hall–Kier alpha value is -2.41. The smallest absolute Gasteiger partial charge is 0.387 e. The Labute approximate surface area is 132 Å². The highest BCUT2D eigenvalue weighted by molar-refractivity contribution is 7.80. The number of hydrogen-bond donors (Lipinski definition) is 3. The van der Waals surface area contributed by atoms with E-state index in [0.717, 1.165) is 11.3 Å². The monoisotopic (exact) mass is 323 g/mol. The van der Waals surface area contributed by atoms with E-state index in [1.807, 2.05) is 31.2 Å². The summed E-state index contributed by atoms with van der Waals surface area (Å²) in [4.78, 5) is 0. The van der Waals surface area contributed by atoms with Crippen molar-refractivity contribution in [1.29, 1.82) is 0 Å². The fourth-order valence-electron chi connectivity index (χ4n) is 1.73. The first-order valence-electron chi connectivity index (χ1n) is 6.47. The molecular weight excluding hydrogens is 308 g/mol. The average molecular weight is 323 g/mol. The standard InChI is InChI=1S/C15H15F2N3OS/c1-10-3-2-4-12(9-10)19-20-15(22)18-11-5-7-13(8-6-11)21-14(16)17/h2-9,14,19H,1H3,(H2,18,20,22). The van der Waals surface area contributed by atoms with Gasteiger partial charge < -0.3 is 10.1 Å². The molecule has 0 radical (unpaired) electrons. The molecule has 0 aliphatic carbocycles. The molecule has 116 valence electrons. The van der Waals surface area contributed by atoms with Crippen LogP contribution in [0.15, 0.2) is 48.5 Å². The van der Waals surface area contributed by atoms with Crippen LogP contribution in [-0.4, -0.2) is 11.7 Å². The van der Waals surface area contributed by atoms with E-state index in [1.165, 1.54) is 12.1 Å². The first-order chi connectivity index (χ1) is 10.5. The zero-order chi connectivity index (χ0) is 15.9. The van der Waals surface area contributed by atoms with Crippen molar-refractivity contribution in [1.82, 2.24) is 5.43 Å². The van der Waals surface area contributed by atoms with Crippen LogP contribution in [0.5, 0.6) is 5.75 Å². The lowest BCUT2D eigenvalue weighted by Gasteiger charge is -2.13. The third-order valence-corrected chi connectivity index (χ3v) is 2.88. The van der Waals surface area contributed by atoms with Crippen molar-refractivity contribution >= 4 is 28.7 Å². The summed E-state index contributed by atoms with van der Waals surface area (Å²) in [5.41, 5.74) is 8.47. The molecule has 0 atom stereocenters. The molecule has 0 saturated heterocycles. The number of aryl methyl sites for hydroxylation is 1. The van der Waals surface area contributed by atoms with Gasteiger partial charge in [0.1, 0.15) is 5.75 Å². The normalized spacial score (nSPS) is 10.2. The molecule has 3 N–H and O–H groups in total. The number of hydrogen-bond acceptors (Lipinski definition) is 3. The van der Waals surface area contributed by atoms with Crippen molar-refractivity contribution < 1.29 is 13.5 Å². The van der Waals surface area contributed by atoms with Crippen LogP contribution in [0.3, 0.4) is 0 Å². The molecule has 7 heteroatoms. The molecule has 0 unspecified atom stereocenters. The fourth-order valence-corrected chi connectivity index (χ4v) is 1.90. The maximum absolute atomic E-state index is 12.0. The number of anilines is 2. The number of thiocarbonyl (C=S) groups is 1. The molecule has 0 spiro atoms. The Morgan fingerprint density at radius 2 is 1.82 bits per heavy atom. The van der Waals surface area contributed by atoms with Crippen LogP contribution >= 0.6 is 12.2 Å². The van der Waals surface area contributed by atoms with Crippen LogP contribution in [0.4, 0.5) is 20.2 Å². The summed E-state index contributed by atoms with van der Waals surface area (Å²) in [5, 5.41) is 3.27. The number of ether oxygens (including phenoxy) is 1. The topological polar surface area (TPSA) is 45.3 Å². The third kappa shape index (κ3) is 5.17. The molecular formula is C15H15F2N3OS. The van der Waals surface area contributed by atoms with Crippen LogP contribution in [0.1, 0.15) is 5.56 Å². The van der Waals surface area contributed by atoms with E-state index >= 15 is 0 Å². The molecule has 2 aromatic carbocycles. The van der Waals surface area contributed by atoms with Gasteiger partial charge in [0.2, 0.25) is 0 Å². The lowest BCUT2D eigenvalue weighted by Crippen LogP contribution is -2.33. The van der Waals surface area contributed by atoms with E-state index in [0.29, 0.717) is 10.8 Å². The average Bonchev–Trinajstić information content (AvgIpc) is 2.47. The fraction of sp³-hybridized carbons (Fsp3) is 0.133. The minimum atomic E-state index is -2.83. The Morgan fingerprint density at radius 3 is 2.45 bits per heavy atom. The minimum absolute atomic E-state index is 0.0947. The van der Waals surface area contributed by atoms with Gasteiger partial charge in [-0.1, -0.05) is 12.1 Å². The Bertz CT molecular complexity index is 635. The van der Waals surface area contributed by atoms with Crippen LogP contribution in [0.2, 0.25) is 0 Å². The Morgan fingerprint density at radius 1 is 1.09 bits per heavy atom. The highest BCUT2D eigenvalue weighted by Crippen LogP contribution is 2.17. The summed E-state index contributed by atoms with van der Waals surface area (Å²) in [6.07, 6.45) is 0. The van der Waals surface area contributed by atoms with Crippen molar-refractivity contribution in [3.8, 4) is 5.75 Å². The summed E-state index contributed by atoms with van der Waals surface area (Å²) in [6.45, 7) is -0.842. The first kappa shape index (κ1) is 16.0. The van der Waals surface area contributed by atoms with E-state index in [9.17, 15) is 8.78 Å². The molecule has 0 aliphatic heterocycles. The van der Waals surface area contributed by atoms with E-state index in [2.05, 4.69) is 20.9 Å². The molecule has 0 amide bonds. The van der Waals surface area contributed by atoms with Gasteiger partial charge in [-0.05, 0) is 61.1 Å². The SMILES string of the molecule is Cc1cccc(NNC(=S)Nc2ccc(OC(F)F)cc2)c1. The second kappa shape index (κ2) is 7.56. The zero-order valence-corrected chi connectivity index (χ0v) is 12.6. The van der Waals surface area contributed by atoms with Gasteiger partial charge in [-0.2, -0.15) is 8.78 Å². The Kier molecular flexibility index (Phi) is 5.48. The van der Waals surface area contributed by atoms with E-state index in [1.54, 1.807) is 12.1 Å². The second-order valence-corrected chi connectivity index (χ2v) is 4.88. The lowest BCUT2D eigenvalue weighted by atomic mass is 10.2. The summed E-state index contributed by atoms with van der Waals surface area (Å²) >= 11 is 5.13. The van der Waals surface area contributed by atoms with E-state index < -0.39 is 6.61 Å². The lowest BCUT2D eigenvalue weighted by molar-refractivity contribution is -0.0498. The molecule has 0 bridgehead atoms. The molecule has 0 aliphatic rings. The highest BCUT2D eigenvalue weighted by Gasteiger charge is 2.04. The molecule has 0 fully saturated rings. The second-order valence-electron chi connectivity index (χ2n) is 4.48. The Balaban J connectivity index is 1.84. The molecule has 0 saturated carbocycles. The summed E-state index contributed by atoms with van der Waals surface area (Å²) in [6, 6.07) is 13.8. The van der Waals surface area contributed by atoms with Crippen molar-refractivity contribution in [2.45, 2.75) is 13.5 Å². The number of nitrogens with one attached hydrogen (secondary N) is 3. The molecule has 2 aromatic rings. The van der Waals surface area contributed by atoms with Crippen LogP contribution in [0.25, 0.3) is 0 Å². The van der Waals surface area contributed by atoms with Crippen LogP contribution in [0, 0.1) is 6.92 Å². The molecule has 0 heterocycles. The van der Waals surface area contributed by atoms with Gasteiger partial charge in [0.05, 0.1) is 5.69 Å². The van der Waals surface area contributed by atoms with Gasteiger partial charge >= 0.3 is 6.61 Å². The van der Waals surface area contributed by atoms with Crippen molar-refractivity contribution in [3.05, 3.63) is 54.1 Å². The van der Waals surface area contributed by atoms with Gasteiger partial charge in [-0.15, -0.1) is 0 Å². The summed E-state index contributed by atoms with van der Waals surface area (Å²) in [5.74, 6) is 0.0947. The summed E-state index contributed by atoms with van der Waals surface area (Å²) < 4.78 is 28.4. The molecule has 4 nitrogen and oxygen atoms in total. The van der Waals surface area contributed by atoms with Crippen molar-refractivity contribution in [3.63, 3.8) is 0 Å². The number of rotatable bonds is 5. The van der Waals surface area contributed by atoms with Gasteiger partial charge in [-0.3, -0.25) is 10.9 Å². The number of hydrazine groups is 1. The van der Waals surface area contributed by atoms with E-state index in [-0.39, 0.29) is 5.75 Å². The maximum atomic E-state index is 12.0. The van der Waals surface area contributed by atoms with Crippen LogP contribution in [-0.2, 0) is 0 Å². The molecule has 22 heavy (non-hydrogen) atoms. The van der Waals surface area contributed by atoms with Gasteiger partial charge in [0.25, 0.3) is 0 Å². The molecule has 0 aromatic heterocycles. The van der Waals surface area contributed by atoms with Gasteiger partial charge in [0.15, 0.2) is 5.11 Å². The quantitative estimate of drug-likeness (QED) is 0.575. The van der Waals surface area contributed by atoms with E-state index in [4.69, 9.17) is 12.2 Å². The predicted octanol–water partition coefficient (Wildman–Crippen LogP) is 3.91. The predicted molar refractivity (Wildman–Crippen MR) is 87.2 cm³/mol. The maximum Gasteiger partial charge on any atom is 0.387 e. The number of benzene rings is 2. The zero-order valence-electron chi connectivity index (χ0n) is 11.8.